The van der Waals surface area contributed by atoms with Crippen molar-refractivity contribution in [1.29, 1.82) is 0 Å². The molecule has 75 heavy (non-hydrogen) atoms. The third-order valence-electron chi connectivity index (χ3n) is 14.0. The van der Waals surface area contributed by atoms with Crippen LogP contribution in [0.5, 0.6) is 5.88 Å². The molecule has 2 aromatic carbocycles. The van der Waals surface area contributed by atoms with E-state index in [1.165, 1.54) is 15.5 Å². The van der Waals surface area contributed by atoms with Gasteiger partial charge in [-0.25, -0.2) is 42.5 Å². The summed E-state index contributed by atoms with van der Waals surface area (Å²) in [6, 6.07) is 13.2. The first-order valence-electron chi connectivity index (χ1n) is 24.7. The highest BCUT2D eigenvalue weighted by Crippen LogP contribution is 2.45. The molecule has 22 heteroatoms. The van der Waals surface area contributed by atoms with Gasteiger partial charge in [0, 0.05) is 78.6 Å². The lowest BCUT2D eigenvalue weighted by molar-refractivity contribution is -0.134. The highest BCUT2D eigenvalue weighted by molar-refractivity contribution is 7.89. The van der Waals surface area contributed by atoms with Crippen molar-refractivity contribution in [1.82, 2.24) is 40.4 Å². The Morgan fingerprint density at radius 1 is 1.07 bits per heavy atom. The molecule has 1 saturated heterocycles. The van der Waals surface area contributed by atoms with E-state index in [2.05, 4.69) is 30.9 Å². The van der Waals surface area contributed by atoms with E-state index < -0.39 is 44.8 Å². The monoisotopic (exact) mass is 1060 g/mol. The summed E-state index contributed by atoms with van der Waals surface area (Å²) in [5, 5.41) is 7.60. The van der Waals surface area contributed by atoms with E-state index in [1.807, 2.05) is 62.4 Å². The molecule has 0 bridgehead atoms. The molecule has 1 fully saturated rings. The Morgan fingerprint density at radius 2 is 1.87 bits per heavy atom. The van der Waals surface area contributed by atoms with Crippen LogP contribution in [-0.2, 0) is 44.5 Å². The number of fused-ring (bicyclic) bond motifs is 2. The molecule has 2 unspecified atom stereocenters. The van der Waals surface area contributed by atoms with Crippen molar-refractivity contribution in [2.75, 3.05) is 30.9 Å². The van der Waals surface area contributed by atoms with Gasteiger partial charge in [-0.3, -0.25) is 14.4 Å². The number of aromatic nitrogens is 5. The van der Waals surface area contributed by atoms with Gasteiger partial charge in [0.15, 0.2) is 27.2 Å². The summed E-state index contributed by atoms with van der Waals surface area (Å²) < 4.78 is 68.5. The molecule has 3 N–H and O–H groups in total. The quantitative estimate of drug-likeness (QED) is 0.0732. The van der Waals surface area contributed by atoms with Gasteiger partial charge in [0.25, 0.3) is 17.3 Å². The van der Waals surface area contributed by atoms with Crippen molar-refractivity contribution >= 4 is 61.2 Å². The predicted molar refractivity (Wildman–Crippen MR) is 279 cm³/mol. The number of sulfone groups is 1. The van der Waals surface area contributed by atoms with Crippen LogP contribution in [0.2, 0.25) is 0 Å². The first-order valence-corrected chi connectivity index (χ1v) is 27.7. The number of likely N-dealkylation sites (tertiary alicyclic amines) is 1. The first-order chi connectivity index (χ1) is 35.9. The van der Waals surface area contributed by atoms with Crippen LogP contribution in [0.15, 0.2) is 86.9 Å². The van der Waals surface area contributed by atoms with Gasteiger partial charge in [-0.05, 0) is 85.8 Å². The number of rotatable bonds is 17. The van der Waals surface area contributed by atoms with Gasteiger partial charge in [0.05, 0.1) is 52.9 Å². The minimum Gasteiger partial charge on any atom is -0.476 e. The number of unbranched alkanes of at least 4 members (excludes halogenated alkanes) is 2. The van der Waals surface area contributed by atoms with Crippen LogP contribution in [0.1, 0.15) is 97.3 Å². The average molecular weight is 1060 g/mol. The number of ether oxygens (including phenoxy) is 1. The summed E-state index contributed by atoms with van der Waals surface area (Å²) in [7, 11) is -2.10. The number of hydrogen-bond acceptors (Lipinski definition) is 15. The van der Waals surface area contributed by atoms with Crippen LogP contribution in [0, 0.1) is 24.5 Å². The number of benzene rings is 2. The van der Waals surface area contributed by atoms with Gasteiger partial charge in [-0.1, -0.05) is 38.1 Å². The topological polar surface area (TPSA) is 219 Å². The number of thiazole rings is 1. The zero-order valence-corrected chi connectivity index (χ0v) is 43.8. The standard InChI is InChI=1S/C53H56F2N10O8S2/c1-29(2)44(51(67)64-17-10-11-40(64)48-60-53(4,73-62-48)34-14-12-31(13-15-34)47-30(3)59-28-74-47)42-22-43(61-72-42)71-18-9-7-8-16-56-50(66)36-21-41-37(19-32(36)27-75(6,69)70)38-26-63(5)52(68)46-45(38)33(23-57-46)25-65(41)49-39(55)20-35(54)24-58-49/h12-15,19-24,26,28-29,40,44,57H,7-11,16-18,25,27H2,1-6H3,(H,56,66)(H,60,62)/t40?,44?,53-/m1/s1. The Labute approximate surface area is 435 Å². The number of pyridine rings is 2. The number of hydrogen-bond donors (Lipinski definition) is 3. The number of hydroxylamine groups is 1. The number of aromatic amines is 1. The maximum absolute atomic E-state index is 15.6. The van der Waals surface area contributed by atoms with Gasteiger partial charge in [0.2, 0.25) is 11.6 Å². The smallest absolute Gasteiger partial charge is 0.274 e. The lowest BCUT2D eigenvalue weighted by atomic mass is 9.91. The van der Waals surface area contributed by atoms with E-state index in [0.717, 1.165) is 40.6 Å². The van der Waals surface area contributed by atoms with Crippen molar-refractivity contribution < 1.29 is 40.9 Å². The summed E-state index contributed by atoms with van der Waals surface area (Å²) in [6.07, 6.45) is 8.47. The van der Waals surface area contributed by atoms with E-state index in [4.69, 9.17) is 19.1 Å². The molecular weight excluding hydrogens is 1010 g/mol. The number of amides is 2. The van der Waals surface area contributed by atoms with Gasteiger partial charge < -0.3 is 33.9 Å². The molecule has 0 aliphatic carbocycles. The second-order valence-electron chi connectivity index (χ2n) is 19.8. The number of aliphatic imine (C=N–C) groups is 1. The van der Waals surface area contributed by atoms with Gasteiger partial charge in [0.1, 0.15) is 23.1 Å². The number of halogens is 2. The minimum atomic E-state index is -3.69. The number of aryl methyl sites for hydroxylation is 2. The molecule has 2 amide bonds. The van der Waals surface area contributed by atoms with E-state index in [9.17, 15) is 27.2 Å². The van der Waals surface area contributed by atoms with Crippen molar-refractivity contribution in [3.05, 3.63) is 128 Å². The molecule has 5 aromatic heterocycles. The molecule has 0 saturated carbocycles. The van der Waals surface area contributed by atoms with E-state index in [1.54, 1.807) is 42.9 Å². The summed E-state index contributed by atoms with van der Waals surface area (Å²) in [5.41, 5.74) is 8.94. The molecule has 3 atom stereocenters. The zero-order valence-electron chi connectivity index (χ0n) is 42.2. The normalized spacial score (nSPS) is 17.8. The molecule has 18 nitrogen and oxygen atoms in total. The number of nitrogens with zero attached hydrogens (tertiary/aromatic N) is 7. The Hall–Kier alpha value is -7.30. The molecule has 0 spiro atoms. The van der Waals surface area contributed by atoms with Gasteiger partial charge in [-0.2, -0.15) is 0 Å². The number of anilines is 2. The Kier molecular flexibility index (Phi) is 13.9. The van der Waals surface area contributed by atoms with Crippen LogP contribution in [-0.4, -0.2) is 87.6 Å². The highest BCUT2D eigenvalue weighted by Gasteiger charge is 2.44. The number of H-pyrrole nitrogens is 1. The Balaban J connectivity index is 0.773. The summed E-state index contributed by atoms with van der Waals surface area (Å²) in [4.78, 5) is 68.6. The van der Waals surface area contributed by atoms with Crippen molar-refractivity contribution in [3.63, 3.8) is 0 Å². The average Bonchev–Trinajstić information content (AvgIpc) is 4.25. The fourth-order valence-corrected chi connectivity index (χ4v) is 11.9. The van der Waals surface area contributed by atoms with Gasteiger partial charge >= 0.3 is 0 Å². The number of amidine groups is 1. The van der Waals surface area contributed by atoms with Gasteiger partial charge in [-0.15, -0.1) is 11.3 Å². The van der Waals surface area contributed by atoms with E-state index >= 15 is 4.39 Å². The van der Waals surface area contributed by atoms with Crippen LogP contribution >= 0.6 is 11.3 Å². The number of nitrogens with one attached hydrogen (secondary N) is 3. The molecule has 3 aliphatic rings. The number of carbonyl (C=O) groups is 2. The summed E-state index contributed by atoms with van der Waals surface area (Å²) in [6.45, 7) is 8.85. The summed E-state index contributed by atoms with van der Waals surface area (Å²) >= 11 is 1.59. The molecule has 8 heterocycles. The van der Waals surface area contributed by atoms with Crippen molar-refractivity contribution in [2.45, 2.75) is 89.8 Å². The largest absolute Gasteiger partial charge is 0.476 e. The Bertz CT molecular complexity index is 3550. The molecule has 392 valence electrons. The molecule has 0 radical (unpaired) electrons. The Morgan fingerprint density at radius 3 is 2.60 bits per heavy atom. The van der Waals surface area contributed by atoms with Crippen LogP contribution in [0.4, 0.5) is 20.3 Å². The summed E-state index contributed by atoms with van der Waals surface area (Å²) in [5.74, 6) is -2.73. The fourth-order valence-electron chi connectivity index (χ4n) is 10.3. The van der Waals surface area contributed by atoms with Crippen LogP contribution < -0.4 is 26.0 Å². The van der Waals surface area contributed by atoms with Crippen LogP contribution in [0.3, 0.4) is 0 Å². The van der Waals surface area contributed by atoms with Crippen molar-refractivity contribution in [3.8, 4) is 27.4 Å². The maximum atomic E-state index is 15.6. The lowest BCUT2D eigenvalue weighted by Crippen LogP contribution is -2.46. The molecule has 7 aromatic rings. The third-order valence-corrected chi connectivity index (χ3v) is 15.8. The highest BCUT2D eigenvalue weighted by atomic mass is 32.2. The zero-order chi connectivity index (χ0) is 52.9. The minimum absolute atomic E-state index is 0.0145. The molecule has 10 rings (SSSR count). The van der Waals surface area contributed by atoms with Crippen molar-refractivity contribution in [2.24, 2.45) is 18.0 Å². The number of carbonyl (C=O) groups excluding carboxylic acids is 2. The van der Waals surface area contributed by atoms with Crippen LogP contribution in [0.25, 0.3) is 32.5 Å². The SMILES string of the molecule is Cc1ncsc1-c1ccc([C@]2(C)N=C(C3CCCN3C(=O)C(c3cc(OCCCCCNC(=O)c4cc5c(cc4CS(C)(=O)=O)-c4cn(C)c(=O)c6[nH]cc(c46)CN5c4ncc(F)cc4F)no3)C(C)C)NO2)cc1. The third kappa shape index (κ3) is 10.2. The predicted octanol–water partition coefficient (Wildman–Crippen LogP) is 8.34. The van der Waals surface area contributed by atoms with E-state index in [-0.39, 0.29) is 65.9 Å². The first kappa shape index (κ1) is 51.2. The van der Waals surface area contributed by atoms with E-state index in [0.29, 0.717) is 83.2 Å². The maximum Gasteiger partial charge on any atom is 0.274 e. The fraction of sp³-hybridized carbons (Fsp3) is 0.377. The molecule has 3 aliphatic heterocycles. The molecular formula is C53H56F2N10O8S2. The second-order valence-corrected chi connectivity index (χ2v) is 22.8. The lowest BCUT2D eigenvalue weighted by Gasteiger charge is -2.29. The second kappa shape index (κ2) is 20.4.